The Balaban J connectivity index is 2.33. The van der Waals surface area contributed by atoms with Crippen molar-refractivity contribution in [3.05, 3.63) is 0 Å². The molecule has 13 heavy (non-hydrogen) atoms. The minimum Gasteiger partial charge on any atom is -0.393 e. The molecule has 0 aromatic heterocycles. The predicted molar refractivity (Wildman–Crippen MR) is 52.4 cm³/mol. The standard InChI is InChI=1S/C10H21NO2/c1-10(2,11)6-9(12)8-4-3-5-13-7-8/h8-9,12H,3-7,11H2,1-2H3. The van der Waals surface area contributed by atoms with Gasteiger partial charge < -0.3 is 15.6 Å². The lowest BCUT2D eigenvalue weighted by atomic mass is 9.87. The Hall–Kier alpha value is -0.120. The lowest BCUT2D eigenvalue weighted by Crippen LogP contribution is -2.40. The van der Waals surface area contributed by atoms with Crippen LogP contribution in [0.3, 0.4) is 0 Å². The van der Waals surface area contributed by atoms with E-state index in [-0.39, 0.29) is 17.6 Å². The zero-order chi connectivity index (χ0) is 9.90. The van der Waals surface area contributed by atoms with Crippen molar-refractivity contribution in [3.63, 3.8) is 0 Å². The van der Waals surface area contributed by atoms with E-state index in [1.807, 2.05) is 13.8 Å². The maximum absolute atomic E-state index is 9.85. The van der Waals surface area contributed by atoms with E-state index in [4.69, 9.17) is 10.5 Å². The first-order valence-corrected chi connectivity index (χ1v) is 5.04. The first kappa shape index (κ1) is 11.0. The third-order valence-corrected chi connectivity index (χ3v) is 2.47. The number of rotatable bonds is 3. The molecule has 3 heteroatoms. The van der Waals surface area contributed by atoms with E-state index in [1.165, 1.54) is 0 Å². The summed E-state index contributed by atoms with van der Waals surface area (Å²) in [6.45, 7) is 5.42. The van der Waals surface area contributed by atoms with Crippen LogP contribution < -0.4 is 5.73 Å². The van der Waals surface area contributed by atoms with Crippen LogP contribution in [0.25, 0.3) is 0 Å². The van der Waals surface area contributed by atoms with E-state index in [1.54, 1.807) is 0 Å². The van der Waals surface area contributed by atoms with Crippen LogP contribution in [0, 0.1) is 5.92 Å². The summed E-state index contributed by atoms with van der Waals surface area (Å²) in [6.07, 6.45) is 2.48. The molecule has 1 fully saturated rings. The molecule has 1 heterocycles. The first-order chi connectivity index (χ1) is 5.99. The van der Waals surface area contributed by atoms with Crippen LogP contribution in [0.2, 0.25) is 0 Å². The summed E-state index contributed by atoms with van der Waals surface area (Å²) in [5, 5.41) is 9.85. The average Bonchev–Trinajstić information content (AvgIpc) is 2.03. The van der Waals surface area contributed by atoms with Crippen LogP contribution in [-0.4, -0.2) is 30.0 Å². The molecule has 1 aliphatic rings. The third-order valence-electron chi connectivity index (χ3n) is 2.47. The molecule has 2 atom stereocenters. The normalized spacial score (nSPS) is 27.2. The Morgan fingerprint density at radius 1 is 1.62 bits per heavy atom. The molecule has 3 N–H and O–H groups in total. The molecule has 0 radical (unpaired) electrons. The predicted octanol–water partition coefficient (Wildman–Crippen LogP) is 0.901. The van der Waals surface area contributed by atoms with Gasteiger partial charge >= 0.3 is 0 Å². The first-order valence-electron chi connectivity index (χ1n) is 5.04. The monoisotopic (exact) mass is 187 g/mol. The van der Waals surface area contributed by atoms with Crippen LogP contribution >= 0.6 is 0 Å². The number of nitrogens with two attached hydrogens (primary N) is 1. The fourth-order valence-electron chi connectivity index (χ4n) is 1.77. The van der Waals surface area contributed by atoms with Gasteiger partial charge in [0, 0.05) is 18.1 Å². The number of aliphatic hydroxyl groups is 1. The van der Waals surface area contributed by atoms with Crippen molar-refractivity contribution in [2.24, 2.45) is 11.7 Å². The van der Waals surface area contributed by atoms with Gasteiger partial charge in [0.05, 0.1) is 12.7 Å². The summed E-state index contributed by atoms with van der Waals surface area (Å²) < 4.78 is 5.32. The van der Waals surface area contributed by atoms with E-state index in [2.05, 4.69) is 0 Å². The quantitative estimate of drug-likeness (QED) is 0.690. The van der Waals surface area contributed by atoms with Gasteiger partial charge in [-0.3, -0.25) is 0 Å². The molecule has 1 aliphatic heterocycles. The van der Waals surface area contributed by atoms with Crippen LogP contribution in [-0.2, 0) is 4.74 Å². The molecule has 0 amide bonds. The smallest absolute Gasteiger partial charge is 0.0607 e. The molecule has 0 bridgehead atoms. The summed E-state index contributed by atoms with van der Waals surface area (Å²) >= 11 is 0. The van der Waals surface area contributed by atoms with E-state index < -0.39 is 0 Å². The van der Waals surface area contributed by atoms with Gasteiger partial charge in [0.2, 0.25) is 0 Å². The molecular weight excluding hydrogens is 166 g/mol. The highest BCUT2D eigenvalue weighted by Gasteiger charge is 2.26. The Morgan fingerprint density at radius 2 is 2.31 bits per heavy atom. The van der Waals surface area contributed by atoms with Crippen LogP contribution in [0.1, 0.15) is 33.1 Å². The second-order valence-corrected chi connectivity index (χ2v) is 4.74. The van der Waals surface area contributed by atoms with Crippen molar-refractivity contribution in [1.29, 1.82) is 0 Å². The summed E-state index contributed by atoms with van der Waals surface area (Å²) in [6, 6.07) is 0. The summed E-state index contributed by atoms with van der Waals surface area (Å²) in [4.78, 5) is 0. The molecule has 0 aliphatic carbocycles. The average molecular weight is 187 g/mol. The fraction of sp³-hybridized carbons (Fsp3) is 1.00. The van der Waals surface area contributed by atoms with Crippen molar-refractivity contribution in [2.75, 3.05) is 13.2 Å². The van der Waals surface area contributed by atoms with Crippen LogP contribution in [0.15, 0.2) is 0 Å². The zero-order valence-corrected chi connectivity index (χ0v) is 8.62. The third kappa shape index (κ3) is 4.07. The lowest BCUT2D eigenvalue weighted by Gasteiger charge is -2.30. The summed E-state index contributed by atoms with van der Waals surface area (Å²) in [5.41, 5.74) is 5.56. The highest BCUT2D eigenvalue weighted by molar-refractivity contribution is 4.81. The highest BCUT2D eigenvalue weighted by Crippen LogP contribution is 2.22. The summed E-state index contributed by atoms with van der Waals surface area (Å²) in [7, 11) is 0. The largest absolute Gasteiger partial charge is 0.393 e. The zero-order valence-electron chi connectivity index (χ0n) is 8.62. The fourth-order valence-corrected chi connectivity index (χ4v) is 1.77. The Labute approximate surface area is 80.3 Å². The summed E-state index contributed by atoms with van der Waals surface area (Å²) in [5.74, 6) is 0.288. The van der Waals surface area contributed by atoms with Crippen molar-refractivity contribution in [2.45, 2.75) is 44.8 Å². The maximum Gasteiger partial charge on any atom is 0.0607 e. The van der Waals surface area contributed by atoms with E-state index >= 15 is 0 Å². The number of hydrogen-bond donors (Lipinski definition) is 2. The molecule has 0 aromatic rings. The van der Waals surface area contributed by atoms with Crippen LogP contribution in [0.5, 0.6) is 0 Å². The lowest BCUT2D eigenvalue weighted by molar-refractivity contribution is -0.0178. The van der Waals surface area contributed by atoms with Crippen molar-refractivity contribution < 1.29 is 9.84 Å². The van der Waals surface area contributed by atoms with Gasteiger partial charge in [-0.15, -0.1) is 0 Å². The molecular formula is C10H21NO2. The van der Waals surface area contributed by atoms with Gasteiger partial charge in [-0.25, -0.2) is 0 Å². The van der Waals surface area contributed by atoms with E-state index in [0.717, 1.165) is 19.4 Å². The minimum atomic E-state index is -0.305. The SMILES string of the molecule is CC(C)(N)CC(O)C1CCCOC1. The van der Waals surface area contributed by atoms with Crippen molar-refractivity contribution in [3.8, 4) is 0 Å². The number of aliphatic hydroxyl groups excluding tert-OH is 1. The van der Waals surface area contributed by atoms with Gasteiger partial charge in [-0.1, -0.05) is 0 Å². The Kier molecular flexibility index (Phi) is 3.71. The Bertz CT molecular complexity index is 147. The number of hydrogen-bond acceptors (Lipinski definition) is 3. The van der Waals surface area contributed by atoms with Crippen molar-refractivity contribution in [1.82, 2.24) is 0 Å². The van der Waals surface area contributed by atoms with E-state index in [0.29, 0.717) is 13.0 Å². The maximum atomic E-state index is 9.85. The van der Waals surface area contributed by atoms with Gasteiger partial charge in [0.25, 0.3) is 0 Å². The van der Waals surface area contributed by atoms with Gasteiger partial charge in [-0.05, 0) is 33.1 Å². The van der Waals surface area contributed by atoms with Crippen LogP contribution in [0.4, 0.5) is 0 Å². The Morgan fingerprint density at radius 3 is 2.77 bits per heavy atom. The molecule has 1 rings (SSSR count). The van der Waals surface area contributed by atoms with E-state index in [9.17, 15) is 5.11 Å². The molecule has 0 aromatic carbocycles. The minimum absolute atomic E-state index is 0.281. The second kappa shape index (κ2) is 4.40. The van der Waals surface area contributed by atoms with Gasteiger partial charge in [-0.2, -0.15) is 0 Å². The highest BCUT2D eigenvalue weighted by atomic mass is 16.5. The second-order valence-electron chi connectivity index (χ2n) is 4.74. The molecule has 78 valence electrons. The van der Waals surface area contributed by atoms with Gasteiger partial charge in [0.15, 0.2) is 0 Å². The molecule has 0 saturated carbocycles. The molecule has 0 spiro atoms. The van der Waals surface area contributed by atoms with Crippen molar-refractivity contribution >= 4 is 0 Å². The molecule has 3 nitrogen and oxygen atoms in total. The topological polar surface area (TPSA) is 55.5 Å². The number of ether oxygens (including phenoxy) is 1. The molecule has 2 unspecified atom stereocenters. The van der Waals surface area contributed by atoms with Gasteiger partial charge in [0.1, 0.15) is 0 Å². The molecule has 1 saturated heterocycles.